The lowest BCUT2D eigenvalue weighted by Gasteiger charge is -2.02. The molecule has 0 aromatic heterocycles. The molecule has 0 aliphatic rings. The van der Waals surface area contributed by atoms with E-state index in [2.05, 4.69) is 25.7 Å². The van der Waals surface area contributed by atoms with Gasteiger partial charge in [-0.2, -0.15) is 0 Å². The summed E-state index contributed by atoms with van der Waals surface area (Å²) in [5.41, 5.74) is 0. The number of carbonyl (C=O) groups is 1. The third kappa shape index (κ3) is 20.9. The van der Waals surface area contributed by atoms with E-state index in [1.54, 1.807) is 0 Å². The molecule has 0 aromatic rings. The van der Waals surface area contributed by atoms with Gasteiger partial charge in [-0.3, -0.25) is 0 Å². The van der Waals surface area contributed by atoms with Gasteiger partial charge in [0.2, 0.25) is 0 Å². The molecule has 0 aromatic carbocycles. The van der Waals surface area contributed by atoms with Crippen molar-refractivity contribution in [3.05, 3.63) is 24.8 Å². The van der Waals surface area contributed by atoms with Crippen molar-refractivity contribution < 1.29 is 9.53 Å². The van der Waals surface area contributed by atoms with Crippen molar-refractivity contribution in [2.24, 2.45) is 0 Å². The zero-order chi connectivity index (χ0) is 18.4. The van der Waals surface area contributed by atoms with Crippen LogP contribution in [0.2, 0.25) is 0 Å². The van der Waals surface area contributed by atoms with Gasteiger partial charge >= 0.3 is 5.97 Å². The molecule has 0 saturated carbocycles. The Bertz CT molecular complexity index is 320. The number of carbonyl (C=O) groups excluding carboxylic acids is 1. The third-order valence-corrected chi connectivity index (χ3v) is 4.57. The van der Waals surface area contributed by atoms with E-state index in [-0.39, 0.29) is 5.97 Å². The number of allylic oxidation sites excluding steroid dienone is 2. The van der Waals surface area contributed by atoms with Gasteiger partial charge in [0.25, 0.3) is 0 Å². The van der Waals surface area contributed by atoms with Gasteiger partial charge in [-0.25, -0.2) is 4.79 Å². The average molecular weight is 351 g/mol. The van der Waals surface area contributed by atoms with Crippen LogP contribution in [-0.2, 0) is 9.53 Å². The highest BCUT2D eigenvalue weighted by molar-refractivity contribution is 5.81. The average Bonchev–Trinajstić information content (AvgIpc) is 2.63. The summed E-state index contributed by atoms with van der Waals surface area (Å²) < 4.78 is 4.96. The van der Waals surface area contributed by atoms with Crippen molar-refractivity contribution in [2.75, 3.05) is 6.61 Å². The highest BCUT2D eigenvalue weighted by atomic mass is 16.5. The smallest absolute Gasteiger partial charge is 0.330 e. The summed E-state index contributed by atoms with van der Waals surface area (Å²) in [6.45, 7) is 6.19. The maximum Gasteiger partial charge on any atom is 0.330 e. The second-order valence-electron chi connectivity index (χ2n) is 7.02. The number of esters is 1. The standard InChI is InChI=1S/C23H42O2/c1-3-5-6-7-8-9-10-11-12-13-14-15-16-17-18-19-20-21-22-25-23(24)4-2/h4,12-13H,2-3,5-11,14-22H2,1H3/b13-12+. The molecule has 146 valence electrons. The molecule has 0 aliphatic heterocycles. The summed E-state index contributed by atoms with van der Waals surface area (Å²) >= 11 is 0. The van der Waals surface area contributed by atoms with Gasteiger partial charge in [-0.15, -0.1) is 0 Å². The Hall–Kier alpha value is -1.05. The topological polar surface area (TPSA) is 26.3 Å². The molecule has 0 aliphatic carbocycles. The van der Waals surface area contributed by atoms with E-state index in [1.807, 2.05) is 0 Å². The molecule has 0 bridgehead atoms. The summed E-state index contributed by atoms with van der Waals surface area (Å²) in [4.78, 5) is 10.8. The van der Waals surface area contributed by atoms with Crippen LogP contribution in [-0.4, -0.2) is 12.6 Å². The molecule has 0 heterocycles. The van der Waals surface area contributed by atoms with Crippen molar-refractivity contribution in [3.8, 4) is 0 Å². The summed E-state index contributed by atoms with van der Waals surface area (Å²) in [5, 5.41) is 0. The number of unbranched alkanes of at least 4 members (excludes halogenated alkanes) is 14. The highest BCUT2D eigenvalue weighted by Gasteiger charge is 1.95. The minimum Gasteiger partial charge on any atom is -0.463 e. The summed E-state index contributed by atoms with van der Waals surface area (Å²) in [7, 11) is 0. The van der Waals surface area contributed by atoms with Crippen molar-refractivity contribution in [1.82, 2.24) is 0 Å². The van der Waals surface area contributed by atoms with Gasteiger partial charge in [0.1, 0.15) is 0 Å². The number of hydrogen-bond donors (Lipinski definition) is 0. The summed E-state index contributed by atoms with van der Waals surface area (Å²) in [5.74, 6) is -0.306. The molecular weight excluding hydrogens is 308 g/mol. The normalized spacial score (nSPS) is 11.1. The fraction of sp³-hybridized carbons (Fsp3) is 0.783. The fourth-order valence-corrected chi connectivity index (χ4v) is 2.93. The molecule has 0 rings (SSSR count). The molecule has 0 N–H and O–H groups in total. The third-order valence-electron chi connectivity index (χ3n) is 4.57. The maximum atomic E-state index is 10.8. The molecule has 0 spiro atoms. The van der Waals surface area contributed by atoms with Crippen LogP contribution in [0.3, 0.4) is 0 Å². The van der Waals surface area contributed by atoms with Crippen LogP contribution in [0.25, 0.3) is 0 Å². The molecule has 0 unspecified atom stereocenters. The van der Waals surface area contributed by atoms with E-state index < -0.39 is 0 Å². The lowest BCUT2D eigenvalue weighted by atomic mass is 10.1. The zero-order valence-electron chi connectivity index (χ0n) is 16.8. The Morgan fingerprint density at radius 1 is 0.720 bits per heavy atom. The highest BCUT2D eigenvalue weighted by Crippen LogP contribution is 2.11. The second kappa shape index (κ2) is 21.0. The Morgan fingerprint density at radius 2 is 1.16 bits per heavy atom. The first-order valence-electron chi connectivity index (χ1n) is 10.8. The lowest BCUT2D eigenvalue weighted by Crippen LogP contribution is -2.01. The van der Waals surface area contributed by atoms with Crippen molar-refractivity contribution in [1.29, 1.82) is 0 Å². The molecule has 0 atom stereocenters. The molecule has 0 saturated heterocycles. The second-order valence-corrected chi connectivity index (χ2v) is 7.02. The number of hydrogen-bond acceptors (Lipinski definition) is 2. The Balaban J connectivity index is 3.10. The van der Waals surface area contributed by atoms with Crippen LogP contribution in [0.4, 0.5) is 0 Å². The van der Waals surface area contributed by atoms with E-state index in [4.69, 9.17) is 4.74 Å². The molecule has 2 nitrogen and oxygen atoms in total. The summed E-state index contributed by atoms with van der Waals surface area (Å²) in [6.07, 6.45) is 27.0. The predicted molar refractivity (Wildman–Crippen MR) is 110 cm³/mol. The minimum absolute atomic E-state index is 0.306. The lowest BCUT2D eigenvalue weighted by molar-refractivity contribution is -0.137. The first-order chi connectivity index (χ1) is 12.3. The van der Waals surface area contributed by atoms with E-state index in [0.717, 1.165) is 12.8 Å². The molecule has 0 amide bonds. The van der Waals surface area contributed by atoms with Gasteiger partial charge < -0.3 is 4.74 Å². The molecule has 0 radical (unpaired) electrons. The van der Waals surface area contributed by atoms with E-state index in [0.29, 0.717) is 6.61 Å². The molecular formula is C23H42O2. The van der Waals surface area contributed by atoms with Crippen molar-refractivity contribution in [3.63, 3.8) is 0 Å². The minimum atomic E-state index is -0.306. The van der Waals surface area contributed by atoms with E-state index in [9.17, 15) is 4.79 Å². The van der Waals surface area contributed by atoms with Crippen molar-refractivity contribution >= 4 is 5.97 Å². The maximum absolute atomic E-state index is 10.8. The van der Waals surface area contributed by atoms with Crippen LogP contribution >= 0.6 is 0 Å². The Labute approximate surface area is 157 Å². The molecule has 25 heavy (non-hydrogen) atoms. The van der Waals surface area contributed by atoms with Gasteiger partial charge in [0.15, 0.2) is 0 Å². The monoisotopic (exact) mass is 350 g/mol. The number of ether oxygens (including phenoxy) is 1. The van der Waals surface area contributed by atoms with Gasteiger partial charge in [-0.05, 0) is 32.1 Å². The quantitative estimate of drug-likeness (QED) is 0.104. The summed E-state index contributed by atoms with van der Waals surface area (Å²) in [6, 6.07) is 0. The van der Waals surface area contributed by atoms with Crippen LogP contribution in [0.5, 0.6) is 0 Å². The SMILES string of the molecule is C=CC(=O)OCCCCCCCCC/C=C/CCCCCCCCC. The first kappa shape index (κ1) is 23.9. The van der Waals surface area contributed by atoms with Crippen molar-refractivity contribution in [2.45, 2.75) is 110 Å². The van der Waals surface area contributed by atoms with Gasteiger partial charge in [-0.1, -0.05) is 96.3 Å². The largest absolute Gasteiger partial charge is 0.463 e. The predicted octanol–water partition coefficient (Wildman–Crippen LogP) is 7.53. The zero-order valence-corrected chi connectivity index (χ0v) is 16.8. The van der Waals surface area contributed by atoms with Gasteiger partial charge in [0.05, 0.1) is 6.61 Å². The van der Waals surface area contributed by atoms with Gasteiger partial charge in [0, 0.05) is 6.08 Å². The van der Waals surface area contributed by atoms with Crippen LogP contribution in [0.1, 0.15) is 110 Å². The van der Waals surface area contributed by atoms with E-state index in [1.165, 1.54) is 96.0 Å². The first-order valence-corrected chi connectivity index (χ1v) is 10.8. The molecule has 2 heteroatoms. The Kier molecular flexibility index (Phi) is 20.1. The van der Waals surface area contributed by atoms with Crippen LogP contribution in [0.15, 0.2) is 24.8 Å². The number of rotatable bonds is 19. The van der Waals surface area contributed by atoms with Crippen LogP contribution in [0, 0.1) is 0 Å². The Morgan fingerprint density at radius 3 is 1.64 bits per heavy atom. The molecule has 0 fully saturated rings. The van der Waals surface area contributed by atoms with Crippen LogP contribution < -0.4 is 0 Å². The van der Waals surface area contributed by atoms with E-state index >= 15 is 0 Å². The fourth-order valence-electron chi connectivity index (χ4n) is 2.93.